The van der Waals surface area contributed by atoms with E-state index in [1.54, 1.807) is 38.1 Å². The first-order valence-electron chi connectivity index (χ1n) is 7.48. The Morgan fingerprint density at radius 2 is 2.00 bits per heavy atom. The smallest absolute Gasteiger partial charge is 0.308 e. The van der Waals surface area contributed by atoms with Gasteiger partial charge in [0.05, 0.1) is 24.8 Å². The lowest BCUT2D eigenvalue weighted by atomic mass is 10.0. The molecule has 1 atom stereocenters. The summed E-state index contributed by atoms with van der Waals surface area (Å²) in [6.07, 6.45) is 3.98. The SMILES string of the molecule is CC(C)OC(=O)CC(NC(=O)c1cnccn1)c1ccccc1Cl. The number of ether oxygens (including phenoxy) is 1. The quantitative estimate of drug-likeness (QED) is 0.812. The van der Waals surface area contributed by atoms with Crippen LogP contribution in [-0.4, -0.2) is 27.9 Å². The van der Waals surface area contributed by atoms with Gasteiger partial charge in [0.25, 0.3) is 5.91 Å². The van der Waals surface area contributed by atoms with Crippen molar-refractivity contribution >= 4 is 23.5 Å². The fraction of sp³-hybridized carbons (Fsp3) is 0.294. The fourth-order valence-corrected chi connectivity index (χ4v) is 2.39. The van der Waals surface area contributed by atoms with Crippen molar-refractivity contribution in [2.24, 2.45) is 0 Å². The van der Waals surface area contributed by atoms with E-state index in [4.69, 9.17) is 16.3 Å². The Hall–Kier alpha value is -2.47. The maximum absolute atomic E-state index is 12.3. The Morgan fingerprint density at radius 3 is 2.62 bits per heavy atom. The molecule has 6 nitrogen and oxygen atoms in total. The number of benzene rings is 1. The van der Waals surface area contributed by atoms with Crippen LogP contribution in [0.3, 0.4) is 0 Å². The second kappa shape index (κ2) is 8.40. The predicted octanol–water partition coefficient (Wildman–Crippen LogP) is 2.94. The molecule has 1 amide bonds. The van der Waals surface area contributed by atoms with Gasteiger partial charge >= 0.3 is 5.97 Å². The number of rotatable bonds is 6. The molecule has 0 saturated heterocycles. The molecule has 2 aromatic rings. The lowest BCUT2D eigenvalue weighted by molar-refractivity contribution is -0.147. The number of halogens is 1. The van der Waals surface area contributed by atoms with Gasteiger partial charge in [0.2, 0.25) is 0 Å². The highest BCUT2D eigenvalue weighted by Crippen LogP contribution is 2.26. The van der Waals surface area contributed by atoms with E-state index < -0.39 is 17.9 Å². The molecule has 7 heteroatoms. The zero-order valence-corrected chi connectivity index (χ0v) is 14.2. The molecule has 1 N–H and O–H groups in total. The van der Waals surface area contributed by atoms with E-state index >= 15 is 0 Å². The number of hydrogen-bond donors (Lipinski definition) is 1. The van der Waals surface area contributed by atoms with Gasteiger partial charge < -0.3 is 10.1 Å². The van der Waals surface area contributed by atoms with E-state index in [0.29, 0.717) is 10.6 Å². The number of amides is 1. The van der Waals surface area contributed by atoms with Crippen LogP contribution in [-0.2, 0) is 9.53 Å². The van der Waals surface area contributed by atoms with Gasteiger partial charge in [0, 0.05) is 17.4 Å². The van der Waals surface area contributed by atoms with Gasteiger partial charge in [-0.2, -0.15) is 0 Å². The van der Waals surface area contributed by atoms with Gasteiger partial charge in [-0.1, -0.05) is 29.8 Å². The molecule has 24 heavy (non-hydrogen) atoms. The second-order valence-corrected chi connectivity index (χ2v) is 5.79. The Balaban J connectivity index is 2.21. The minimum atomic E-state index is -0.626. The number of nitrogens with one attached hydrogen (secondary N) is 1. The van der Waals surface area contributed by atoms with Crippen molar-refractivity contribution in [2.45, 2.75) is 32.4 Å². The number of nitrogens with zero attached hydrogens (tertiary/aromatic N) is 2. The van der Waals surface area contributed by atoms with Crippen LogP contribution in [0.15, 0.2) is 42.9 Å². The van der Waals surface area contributed by atoms with Gasteiger partial charge in [-0.3, -0.25) is 14.6 Å². The number of aromatic nitrogens is 2. The minimum absolute atomic E-state index is 0.0338. The fourth-order valence-electron chi connectivity index (χ4n) is 2.12. The Bertz CT molecular complexity index is 707. The van der Waals surface area contributed by atoms with Gasteiger partial charge in [0.1, 0.15) is 5.69 Å². The average Bonchev–Trinajstić information content (AvgIpc) is 2.54. The van der Waals surface area contributed by atoms with Gasteiger partial charge in [-0.25, -0.2) is 4.98 Å². The number of hydrogen-bond acceptors (Lipinski definition) is 5. The van der Waals surface area contributed by atoms with Crippen molar-refractivity contribution in [1.29, 1.82) is 0 Å². The normalized spacial score (nSPS) is 11.8. The van der Waals surface area contributed by atoms with Gasteiger partial charge in [0.15, 0.2) is 0 Å². The minimum Gasteiger partial charge on any atom is -0.463 e. The van der Waals surface area contributed by atoms with Crippen LogP contribution in [0.1, 0.15) is 42.4 Å². The molecule has 0 aliphatic rings. The molecule has 1 unspecified atom stereocenters. The Labute approximate surface area is 145 Å². The van der Waals surface area contributed by atoms with Crippen molar-refractivity contribution in [1.82, 2.24) is 15.3 Å². The van der Waals surface area contributed by atoms with E-state index in [0.717, 1.165) is 0 Å². The molecule has 0 radical (unpaired) electrons. The zero-order valence-electron chi connectivity index (χ0n) is 13.4. The van der Waals surface area contributed by atoms with Gasteiger partial charge in [-0.15, -0.1) is 0 Å². The molecule has 0 saturated carbocycles. The maximum Gasteiger partial charge on any atom is 0.308 e. The lowest BCUT2D eigenvalue weighted by Gasteiger charge is -2.20. The summed E-state index contributed by atoms with van der Waals surface area (Å²) in [5, 5.41) is 3.23. The molecule has 1 aromatic heterocycles. The molecular formula is C17H18ClN3O3. The van der Waals surface area contributed by atoms with E-state index in [1.807, 2.05) is 0 Å². The molecule has 1 aromatic carbocycles. The number of carbonyl (C=O) groups is 2. The summed E-state index contributed by atoms with van der Waals surface area (Å²) < 4.78 is 5.17. The van der Waals surface area contributed by atoms with E-state index in [9.17, 15) is 9.59 Å². The molecule has 0 aliphatic carbocycles. The van der Waals surface area contributed by atoms with E-state index in [2.05, 4.69) is 15.3 Å². The summed E-state index contributed by atoms with van der Waals surface area (Å²) in [6.45, 7) is 3.53. The third-order valence-electron chi connectivity index (χ3n) is 3.12. The maximum atomic E-state index is 12.3. The van der Waals surface area contributed by atoms with Crippen LogP contribution in [0.2, 0.25) is 5.02 Å². The highest BCUT2D eigenvalue weighted by atomic mass is 35.5. The molecule has 0 bridgehead atoms. The van der Waals surface area contributed by atoms with Crippen molar-refractivity contribution in [3.8, 4) is 0 Å². The summed E-state index contributed by atoms with van der Waals surface area (Å²) in [6, 6.07) is 6.40. The number of esters is 1. The number of carbonyl (C=O) groups excluding carboxylic acids is 2. The Morgan fingerprint density at radius 1 is 1.25 bits per heavy atom. The van der Waals surface area contributed by atoms with Crippen LogP contribution in [0.4, 0.5) is 0 Å². The highest BCUT2D eigenvalue weighted by Gasteiger charge is 2.23. The summed E-state index contributed by atoms with van der Waals surface area (Å²) >= 11 is 6.21. The van der Waals surface area contributed by atoms with E-state index in [-0.39, 0.29) is 18.2 Å². The molecular weight excluding hydrogens is 330 g/mol. The summed E-state index contributed by atoms with van der Waals surface area (Å²) in [5.74, 6) is -0.861. The largest absolute Gasteiger partial charge is 0.463 e. The average molecular weight is 348 g/mol. The second-order valence-electron chi connectivity index (χ2n) is 5.38. The third kappa shape index (κ3) is 5.03. The highest BCUT2D eigenvalue weighted by molar-refractivity contribution is 6.31. The monoisotopic (exact) mass is 347 g/mol. The molecule has 1 heterocycles. The first-order chi connectivity index (χ1) is 11.5. The Kier molecular flexibility index (Phi) is 6.26. The summed E-state index contributed by atoms with van der Waals surface area (Å²) in [5.41, 5.74) is 0.795. The molecule has 2 rings (SSSR count). The van der Waals surface area contributed by atoms with Crippen LogP contribution < -0.4 is 5.32 Å². The van der Waals surface area contributed by atoms with Crippen molar-refractivity contribution in [2.75, 3.05) is 0 Å². The molecule has 0 fully saturated rings. The van der Waals surface area contributed by atoms with Crippen molar-refractivity contribution in [3.05, 3.63) is 59.1 Å². The molecule has 0 spiro atoms. The molecule has 126 valence electrons. The van der Waals surface area contributed by atoms with Crippen molar-refractivity contribution in [3.63, 3.8) is 0 Å². The summed E-state index contributed by atoms with van der Waals surface area (Å²) in [7, 11) is 0. The molecule has 0 aliphatic heterocycles. The summed E-state index contributed by atoms with van der Waals surface area (Å²) in [4.78, 5) is 32.2. The first-order valence-corrected chi connectivity index (χ1v) is 7.86. The standard InChI is InChI=1S/C17H18ClN3O3/c1-11(2)24-16(22)9-14(12-5-3-4-6-13(12)18)21-17(23)15-10-19-7-8-20-15/h3-8,10-11,14H,9H2,1-2H3,(H,21,23). The first kappa shape index (κ1) is 17.9. The van der Waals surface area contributed by atoms with Crippen LogP contribution in [0.25, 0.3) is 0 Å². The lowest BCUT2D eigenvalue weighted by Crippen LogP contribution is -2.31. The van der Waals surface area contributed by atoms with Crippen LogP contribution >= 0.6 is 11.6 Å². The predicted molar refractivity (Wildman–Crippen MR) is 89.5 cm³/mol. The van der Waals surface area contributed by atoms with Gasteiger partial charge in [-0.05, 0) is 25.5 Å². The van der Waals surface area contributed by atoms with E-state index in [1.165, 1.54) is 18.6 Å². The van der Waals surface area contributed by atoms with Crippen LogP contribution in [0, 0.1) is 0 Å². The van der Waals surface area contributed by atoms with Crippen molar-refractivity contribution < 1.29 is 14.3 Å². The zero-order chi connectivity index (χ0) is 17.5. The topological polar surface area (TPSA) is 81.2 Å². The van der Waals surface area contributed by atoms with Crippen LogP contribution in [0.5, 0.6) is 0 Å². The third-order valence-corrected chi connectivity index (χ3v) is 3.46.